The summed E-state index contributed by atoms with van der Waals surface area (Å²) >= 11 is 11.8. The van der Waals surface area contributed by atoms with Crippen molar-refractivity contribution in [2.24, 2.45) is 0 Å². The SMILES string of the molecule is COCCNc1ccc(NC(=O)COc2ccc(Cl)cc2Cl)cc1. The van der Waals surface area contributed by atoms with Crippen molar-refractivity contribution in [1.29, 1.82) is 0 Å². The van der Waals surface area contributed by atoms with E-state index in [0.29, 0.717) is 28.1 Å². The van der Waals surface area contributed by atoms with Gasteiger partial charge in [0.15, 0.2) is 6.61 Å². The van der Waals surface area contributed by atoms with Crippen LogP contribution in [0.25, 0.3) is 0 Å². The van der Waals surface area contributed by atoms with Crippen molar-refractivity contribution in [2.75, 3.05) is 37.5 Å². The largest absolute Gasteiger partial charge is 0.482 e. The molecule has 128 valence electrons. The molecule has 0 aromatic heterocycles. The molecule has 0 fully saturated rings. The molecule has 0 saturated heterocycles. The predicted octanol–water partition coefficient (Wildman–Crippen LogP) is 4.07. The summed E-state index contributed by atoms with van der Waals surface area (Å²) in [7, 11) is 1.65. The van der Waals surface area contributed by atoms with Gasteiger partial charge in [0.05, 0.1) is 11.6 Å². The van der Waals surface area contributed by atoms with Crippen LogP contribution in [0.15, 0.2) is 42.5 Å². The molecule has 0 bridgehead atoms. The molecule has 5 nitrogen and oxygen atoms in total. The van der Waals surface area contributed by atoms with E-state index < -0.39 is 0 Å². The maximum absolute atomic E-state index is 11.9. The van der Waals surface area contributed by atoms with Gasteiger partial charge in [-0.25, -0.2) is 0 Å². The van der Waals surface area contributed by atoms with Crippen LogP contribution < -0.4 is 15.4 Å². The number of rotatable bonds is 8. The fourth-order valence-electron chi connectivity index (χ4n) is 1.90. The van der Waals surface area contributed by atoms with Crippen molar-refractivity contribution in [3.63, 3.8) is 0 Å². The Balaban J connectivity index is 1.81. The quantitative estimate of drug-likeness (QED) is 0.689. The van der Waals surface area contributed by atoms with Crippen LogP contribution >= 0.6 is 23.2 Å². The van der Waals surface area contributed by atoms with Crippen molar-refractivity contribution in [3.8, 4) is 5.75 Å². The van der Waals surface area contributed by atoms with E-state index in [9.17, 15) is 4.79 Å². The standard InChI is InChI=1S/C17H18Cl2N2O3/c1-23-9-8-20-13-3-5-14(6-4-13)21-17(22)11-24-16-7-2-12(18)10-15(16)19/h2-7,10,20H,8-9,11H2,1H3,(H,21,22). The maximum atomic E-state index is 11.9. The monoisotopic (exact) mass is 368 g/mol. The van der Waals surface area contributed by atoms with Crippen LogP contribution in [-0.2, 0) is 9.53 Å². The molecule has 0 radical (unpaired) electrons. The molecule has 0 heterocycles. The molecule has 2 N–H and O–H groups in total. The lowest BCUT2D eigenvalue weighted by Gasteiger charge is -2.10. The van der Waals surface area contributed by atoms with Gasteiger partial charge in [-0.05, 0) is 42.5 Å². The van der Waals surface area contributed by atoms with Gasteiger partial charge in [0, 0.05) is 30.1 Å². The number of carbonyl (C=O) groups excluding carboxylic acids is 1. The minimum absolute atomic E-state index is 0.144. The van der Waals surface area contributed by atoms with Crippen molar-refractivity contribution >= 4 is 40.5 Å². The second-order valence-corrected chi connectivity index (χ2v) is 5.75. The number of carbonyl (C=O) groups is 1. The summed E-state index contributed by atoms with van der Waals surface area (Å²) in [6, 6.07) is 12.2. The van der Waals surface area contributed by atoms with Crippen LogP contribution in [0.4, 0.5) is 11.4 Å². The predicted molar refractivity (Wildman–Crippen MR) is 97.4 cm³/mol. The molecular formula is C17H18Cl2N2O3. The molecule has 0 aliphatic rings. The van der Waals surface area contributed by atoms with Crippen LogP contribution in [-0.4, -0.2) is 32.8 Å². The third-order valence-electron chi connectivity index (χ3n) is 3.06. The zero-order valence-corrected chi connectivity index (χ0v) is 14.7. The van der Waals surface area contributed by atoms with E-state index in [4.69, 9.17) is 32.7 Å². The Hall–Kier alpha value is -1.95. The first-order chi connectivity index (χ1) is 11.6. The Morgan fingerprint density at radius 2 is 1.79 bits per heavy atom. The van der Waals surface area contributed by atoms with Crippen molar-refractivity contribution < 1.29 is 14.3 Å². The Labute approximate surface area is 150 Å². The van der Waals surface area contributed by atoms with E-state index in [1.54, 1.807) is 25.3 Å². The Morgan fingerprint density at radius 3 is 2.46 bits per heavy atom. The third-order valence-corrected chi connectivity index (χ3v) is 3.59. The molecule has 7 heteroatoms. The average molecular weight is 369 g/mol. The summed E-state index contributed by atoms with van der Waals surface area (Å²) in [5.74, 6) is 0.134. The highest BCUT2D eigenvalue weighted by molar-refractivity contribution is 6.35. The number of halogens is 2. The molecule has 2 aromatic rings. The first-order valence-electron chi connectivity index (χ1n) is 7.29. The number of anilines is 2. The van der Waals surface area contributed by atoms with Crippen molar-refractivity contribution in [3.05, 3.63) is 52.5 Å². The summed E-state index contributed by atoms with van der Waals surface area (Å²) in [6.45, 7) is 1.20. The number of nitrogens with one attached hydrogen (secondary N) is 2. The van der Waals surface area contributed by atoms with Gasteiger partial charge >= 0.3 is 0 Å². The molecule has 2 rings (SSSR count). The van der Waals surface area contributed by atoms with Crippen LogP contribution in [0.3, 0.4) is 0 Å². The summed E-state index contributed by atoms with van der Waals surface area (Å²) < 4.78 is 10.4. The molecule has 1 amide bonds. The third kappa shape index (κ3) is 5.92. The highest BCUT2D eigenvalue weighted by Crippen LogP contribution is 2.27. The highest BCUT2D eigenvalue weighted by Gasteiger charge is 2.07. The van der Waals surface area contributed by atoms with E-state index in [1.165, 1.54) is 0 Å². The van der Waals surface area contributed by atoms with Gasteiger partial charge in [-0.2, -0.15) is 0 Å². The van der Waals surface area contributed by atoms with E-state index in [0.717, 1.165) is 12.2 Å². The van der Waals surface area contributed by atoms with Gasteiger partial charge in [0.25, 0.3) is 5.91 Å². The van der Waals surface area contributed by atoms with E-state index in [1.807, 2.05) is 24.3 Å². The number of amides is 1. The maximum Gasteiger partial charge on any atom is 0.262 e. The molecule has 0 aliphatic carbocycles. The molecule has 2 aromatic carbocycles. The smallest absolute Gasteiger partial charge is 0.262 e. The Morgan fingerprint density at radius 1 is 1.08 bits per heavy atom. The van der Waals surface area contributed by atoms with E-state index in [2.05, 4.69) is 10.6 Å². The number of hydrogen-bond donors (Lipinski definition) is 2. The van der Waals surface area contributed by atoms with Gasteiger partial charge in [0.2, 0.25) is 0 Å². The van der Waals surface area contributed by atoms with Crippen LogP contribution in [0.5, 0.6) is 5.75 Å². The lowest BCUT2D eigenvalue weighted by atomic mass is 10.2. The summed E-state index contributed by atoms with van der Waals surface area (Å²) in [5.41, 5.74) is 1.64. The minimum Gasteiger partial charge on any atom is -0.482 e. The Bertz CT molecular complexity index is 678. The first-order valence-corrected chi connectivity index (χ1v) is 8.04. The van der Waals surface area contributed by atoms with Crippen LogP contribution in [0, 0.1) is 0 Å². The lowest BCUT2D eigenvalue weighted by molar-refractivity contribution is -0.118. The number of hydrogen-bond acceptors (Lipinski definition) is 4. The molecule has 0 aliphatic heterocycles. The molecule has 0 unspecified atom stereocenters. The summed E-state index contributed by atoms with van der Waals surface area (Å²) in [5, 5.41) is 6.82. The molecule has 0 spiro atoms. The average Bonchev–Trinajstić information content (AvgIpc) is 2.56. The second-order valence-electron chi connectivity index (χ2n) is 4.91. The fraction of sp³-hybridized carbons (Fsp3) is 0.235. The molecular weight excluding hydrogens is 351 g/mol. The van der Waals surface area contributed by atoms with E-state index >= 15 is 0 Å². The summed E-state index contributed by atoms with van der Waals surface area (Å²) in [6.07, 6.45) is 0. The number of methoxy groups -OCH3 is 1. The van der Waals surface area contributed by atoms with Crippen molar-refractivity contribution in [2.45, 2.75) is 0 Å². The minimum atomic E-state index is -0.277. The topological polar surface area (TPSA) is 59.6 Å². The van der Waals surface area contributed by atoms with Crippen LogP contribution in [0.1, 0.15) is 0 Å². The zero-order chi connectivity index (χ0) is 17.4. The number of benzene rings is 2. The number of ether oxygens (including phenoxy) is 2. The van der Waals surface area contributed by atoms with Gasteiger partial charge in [0.1, 0.15) is 5.75 Å². The normalized spacial score (nSPS) is 10.3. The highest BCUT2D eigenvalue weighted by atomic mass is 35.5. The Kier molecular flexibility index (Phi) is 7.18. The molecule has 24 heavy (non-hydrogen) atoms. The fourth-order valence-corrected chi connectivity index (χ4v) is 2.36. The zero-order valence-electron chi connectivity index (χ0n) is 13.1. The lowest BCUT2D eigenvalue weighted by Crippen LogP contribution is -2.20. The molecule has 0 atom stereocenters. The van der Waals surface area contributed by atoms with Gasteiger partial charge in [-0.1, -0.05) is 23.2 Å². The summed E-state index contributed by atoms with van der Waals surface area (Å²) in [4.78, 5) is 11.9. The first kappa shape index (κ1) is 18.4. The van der Waals surface area contributed by atoms with Gasteiger partial charge < -0.3 is 20.1 Å². The van der Waals surface area contributed by atoms with Crippen molar-refractivity contribution in [1.82, 2.24) is 0 Å². The second kappa shape index (κ2) is 9.37. The van der Waals surface area contributed by atoms with Gasteiger partial charge in [-0.3, -0.25) is 4.79 Å². The van der Waals surface area contributed by atoms with Crippen LogP contribution in [0.2, 0.25) is 10.0 Å². The molecule has 0 saturated carbocycles. The van der Waals surface area contributed by atoms with E-state index in [-0.39, 0.29) is 12.5 Å². The van der Waals surface area contributed by atoms with Gasteiger partial charge in [-0.15, -0.1) is 0 Å².